The maximum atomic E-state index is 13.1. The van der Waals surface area contributed by atoms with Gasteiger partial charge in [0.15, 0.2) is 11.5 Å². The van der Waals surface area contributed by atoms with Gasteiger partial charge in [-0.15, -0.1) is 0 Å². The SMILES string of the molecule is Cc1nc2cc(NC(C(=O)Nc3ccc(F)cc3)c3ccccc3)ccc2o1. The fourth-order valence-electron chi connectivity index (χ4n) is 2.99. The van der Waals surface area contributed by atoms with Crippen molar-refractivity contribution < 1.29 is 13.6 Å². The van der Waals surface area contributed by atoms with Crippen molar-refractivity contribution in [3.05, 3.63) is 90.1 Å². The largest absolute Gasteiger partial charge is 0.441 e. The third-order valence-corrected chi connectivity index (χ3v) is 4.31. The molecule has 1 atom stereocenters. The Morgan fingerprint density at radius 3 is 2.46 bits per heavy atom. The minimum atomic E-state index is -0.642. The molecule has 6 heteroatoms. The molecule has 0 bridgehead atoms. The number of benzene rings is 3. The average Bonchev–Trinajstić information content (AvgIpc) is 3.07. The molecule has 4 rings (SSSR count). The van der Waals surface area contributed by atoms with E-state index in [0.29, 0.717) is 22.7 Å². The lowest BCUT2D eigenvalue weighted by Crippen LogP contribution is -2.27. The summed E-state index contributed by atoms with van der Waals surface area (Å²) in [4.78, 5) is 17.3. The summed E-state index contributed by atoms with van der Waals surface area (Å²) in [7, 11) is 0. The van der Waals surface area contributed by atoms with E-state index in [1.54, 1.807) is 6.92 Å². The first-order chi connectivity index (χ1) is 13.6. The third kappa shape index (κ3) is 3.86. The zero-order valence-corrected chi connectivity index (χ0v) is 15.1. The summed E-state index contributed by atoms with van der Waals surface area (Å²) in [6.45, 7) is 1.79. The molecule has 0 radical (unpaired) electrons. The van der Waals surface area contributed by atoms with E-state index in [-0.39, 0.29) is 11.7 Å². The van der Waals surface area contributed by atoms with E-state index >= 15 is 0 Å². The molecule has 0 saturated carbocycles. The van der Waals surface area contributed by atoms with Gasteiger partial charge in [-0.05, 0) is 48.0 Å². The molecule has 4 aromatic rings. The summed E-state index contributed by atoms with van der Waals surface area (Å²) in [6.07, 6.45) is 0. The number of rotatable bonds is 5. The second kappa shape index (κ2) is 7.52. The van der Waals surface area contributed by atoms with Crippen LogP contribution in [-0.4, -0.2) is 10.9 Å². The van der Waals surface area contributed by atoms with E-state index in [1.165, 1.54) is 24.3 Å². The van der Waals surface area contributed by atoms with Gasteiger partial charge in [0.05, 0.1) is 0 Å². The number of oxazole rings is 1. The molecular formula is C22H18FN3O2. The Morgan fingerprint density at radius 1 is 1.00 bits per heavy atom. The van der Waals surface area contributed by atoms with Gasteiger partial charge in [-0.25, -0.2) is 9.37 Å². The number of fused-ring (bicyclic) bond motifs is 1. The Kier molecular flexibility index (Phi) is 4.76. The summed E-state index contributed by atoms with van der Waals surface area (Å²) >= 11 is 0. The number of amides is 1. The van der Waals surface area contributed by atoms with Crippen LogP contribution in [0.5, 0.6) is 0 Å². The molecule has 1 unspecified atom stereocenters. The van der Waals surface area contributed by atoms with Crippen molar-refractivity contribution in [2.24, 2.45) is 0 Å². The second-order valence-electron chi connectivity index (χ2n) is 6.40. The van der Waals surface area contributed by atoms with Gasteiger partial charge in [-0.1, -0.05) is 30.3 Å². The molecule has 0 saturated heterocycles. The maximum Gasteiger partial charge on any atom is 0.251 e. The van der Waals surface area contributed by atoms with Crippen LogP contribution in [0.25, 0.3) is 11.1 Å². The first-order valence-electron chi connectivity index (χ1n) is 8.83. The molecule has 0 aliphatic heterocycles. The fraction of sp³-hybridized carbons (Fsp3) is 0.0909. The minimum absolute atomic E-state index is 0.255. The summed E-state index contributed by atoms with van der Waals surface area (Å²) < 4.78 is 18.6. The monoisotopic (exact) mass is 375 g/mol. The summed E-state index contributed by atoms with van der Waals surface area (Å²) in [5.41, 5.74) is 3.47. The standard InChI is InChI=1S/C22H18FN3O2/c1-14-24-19-13-18(11-12-20(19)28-14)25-21(15-5-3-2-4-6-15)22(27)26-17-9-7-16(23)8-10-17/h2-13,21,25H,1H3,(H,26,27). The van der Waals surface area contributed by atoms with Crippen LogP contribution in [0.2, 0.25) is 0 Å². The molecule has 1 aromatic heterocycles. The quantitative estimate of drug-likeness (QED) is 0.511. The molecule has 140 valence electrons. The molecule has 2 N–H and O–H groups in total. The number of aromatic nitrogens is 1. The van der Waals surface area contributed by atoms with E-state index in [1.807, 2.05) is 48.5 Å². The second-order valence-corrected chi connectivity index (χ2v) is 6.40. The highest BCUT2D eigenvalue weighted by molar-refractivity contribution is 5.97. The number of carbonyl (C=O) groups is 1. The first-order valence-corrected chi connectivity index (χ1v) is 8.83. The number of nitrogens with zero attached hydrogens (tertiary/aromatic N) is 1. The van der Waals surface area contributed by atoms with Crippen LogP contribution >= 0.6 is 0 Å². The normalized spacial score (nSPS) is 11.9. The van der Waals surface area contributed by atoms with Gasteiger partial charge in [0.2, 0.25) is 0 Å². The van der Waals surface area contributed by atoms with Crippen LogP contribution in [0.1, 0.15) is 17.5 Å². The van der Waals surface area contributed by atoms with Crippen molar-refractivity contribution in [2.45, 2.75) is 13.0 Å². The Labute approximate surface area is 161 Å². The fourth-order valence-corrected chi connectivity index (χ4v) is 2.99. The van der Waals surface area contributed by atoms with Crippen LogP contribution < -0.4 is 10.6 Å². The summed E-state index contributed by atoms with van der Waals surface area (Å²) in [5, 5.41) is 6.09. The zero-order chi connectivity index (χ0) is 19.5. The topological polar surface area (TPSA) is 67.2 Å². The van der Waals surface area contributed by atoms with E-state index < -0.39 is 6.04 Å². The number of halogens is 1. The molecule has 0 aliphatic carbocycles. The van der Waals surface area contributed by atoms with Crippen molar-refractivity contribution in [3.63, 3.8) is 0 Å². The first kappa shape index (κ1) is 17.7. The van der Waals surface area contributed by atoms with E-state index in [2.05, 4.69) is 15.6 Å². The van der Waals surface area contributed by atoms with Crippen LogP contribution in [0, 0.1) is 12.7 Å². The molecule has 28 heavy (non-hydrogen) atoms. The van der Waals surface area contributed by atoms with Gasteiger partial charge in [-0.2, -0.15) is 0 Å². The van der Waals surface area contributed by atoms with Crippen molar-refractivity contribution in [1.82, 2.24) is 4.98 Å². The third-order valence-electron chi connectivity index (χ3n) is 4.31. The van der Waals surface area contributed by atoms with E-state index in [0.717, 1.165) is 11.3 Å². The van der Waals surface area contributed by atoms with E-state index in [4.69, 9.17) is 4.42 Å². The Bertz CT molecular complexity index is 1110. The predicted octanol–water partition coefficient (Wildman–Crippen LogP) is 5.07. The lowest BCUT2D eigenvalue weighted by molar-refractivity contribution is -0.117. The van der Waals surface area contributed by atoms with Crippen molar-refractivity contribution >= 4 is 28.4 Å². The van der Waals surface area contributed by atoms with Crippen molar-refractivity contribution in [2.75, 3.05) is 10.6 Å². The molecule has 0 aliphatic rings. The predicted molar refractivity (Wildman–Crippen MR) is 107 cm³/mol. The van der Waals surface area contributed by atoms with Gasteiger partial charge >= 0.3 is 0 Å². The number of hydrogen-bond acceptors (Lipinski definition) is 4. The highest BCUT2D eigenvalue weighted by Crippen LogP contribution is 2.25. The van der Waals surface area contributed by atoms with E-state index in [9.17, 15) is 9.18 Å². The molecular weight excluding hydrogens is 357 g/mol. The van der Waals surface area contributed by atoms with Crippen LogP contribution in [-0.2, 0) is 4.79 Å². The molecule has 0 fully saturated rings. The number of carbonyl (C=O) groups excluding carboxylic acids is 1. The van der Waals surface area contributed by atoms with Crippen LogP contribution in [0.3, 0.4) is 0 Å². The highest BCUT2D eigenvalue weighted by atomic mass is 19.1. The molecule has 5 nitrogen and oxygen atoms in total. The van der Waals surface area contributed by atoms with Crippen molar-refractivity contribution in [1.29, 1.82) is 0 Å². The van der Waals surface area contributed by atoms with Gasteiger partial charge in [0.25, 0.3) is 5.91 Å². The molecule has 1 heterocycles. The van der Waals surface area contributed by atoms with Gasteiger partial charge in [-0.3, -0.25) is 4.79 Å². The Balaban J connectivity index is 1.62. The molecule has 3 aromatic carbocycles. The van der Waals surface area contributed by atoms with Gasteiger partial charge < -0.3 is 15.1 Å². The lowest BCUT2D eigenvalue weighted by Gasteiger charge is -2.20. The Morgan fingerprint density at radius 2 is 1.71 bits per heavy atom. The van der Waals surface area contributed by atoms with Crippen molar-refractivity contribution in [3.8, 4) is 0 Å². The van der Waals surface area contributed by atoms with Crippen LogP contribution in [0.15, 0.2) is 77.2 Å². The molecule has 0 spiro atoms. The van der Waals surface area contributed by atoms with Gasteiger partial charge in [0, 0.05) is 18.3 Å². The average molecular weight is 375 g/mol. The number of nitrogens with one attached hydrogen (secondary N) is 2. The summed E-state index contributed by atoms with van der Waals surface area (Å²) in [5.74, 6) is -0.0259. The Hall–Kier alpha value is -3.67. The highest BCUT2D eigenvalue weighted by Gasteiger charge is 2.21. The lowest BCUT2D eigenvalue weighted by atomic mass is 10.1. The number of anilines is 2. The maximum absolute atomic E-state index is 13.1. The number of hydrogen-bond donors (Lipinski definition) is 2. The zero-order valence-electron chi connectivity index (χ0n) is 15.1. The minimum Gasteiger partial charge on any atom is -0.441 e. The van der Waals surface area contributed by atoms with Gasteiger partial charge in [0.1, 0.15) is 17.4 Å². The number of aryl methyl sites for hydroxylation is 1. The summed E-state index contributed by atoms with van der Waals surface area (Å²) in [6, 6.07) is 19.9. The molecule has 1 amide bonds. The van der Waals surface area contributed by atoms with Crippen LogP contribution in [0.4, 0.5) is 15.8 Å². The smallest absolute Gasteiger partial charge is 0.251 e.